The van der Waals surface area contributed by atoms with Crippen molar-refractivity contribution < 1.29 is 285 Å². The van der Waals surface area contributed by atoms with Crippen LogP contribution in [0.1, 0.15) is 12.5 Å². The first-order chi connectivity index (χ1) is 43.5. The maximum Gasteiger partial charge on any atom is 0.489 e. The third-order valence-electron chi connectivity index (χ3n) is 10.7. The number of carbonyl (C=O) groups excluding carboxylic acids is 1. The van der Waals surface area contributed by atoms with Gasteiger partial charge in [0.05, 0.1) is 0 Å². The third-order valence-corrected chi connectivity index (χ3v) is 10.7. The van der Waals surface area contributed by atoms with Gasteiger partial charge in [-0.15, -0.1) is 0 Å². The van der Waals surface area contributed by atoms with Crippen LogP contribution in [0.25, 0.3) is 0 Å². The standard InChI is InChI=1S/C36H11BF53NO11/c1-6(2)10(92)91-7-3-4-8(9(5-7)37(93)94)11(38,20(48,49)50)95-30(77,78)13(41,22(54,55)56)97-32(81,82)15(43,24(60,61)62)99-34(85,86)17(45,26(66,67)68)101-36(89,90)19(47,28(72,73)74)102-35(87,88)18(46,27(69,70)71)100-33(83,84)16(44,25(63,64)65)98-31(79,80)14(42,23(57,58)59)96-29(75,76)12(39,40)21(51,52)53/h3-5,93-94H,1H2,2H3,(H,91,92). The Balaban J connectivity index is 4.51. The normalized spacial score (nSPS) is 20.0. The van der Waals surface area contributed by atoms with Crippen LogP contribution in [0.2, 0.25) is 0 Å². The van der Waals surface area contributed by atoms with E-state index in [1.165, 1.54) is 5.32 Å². The molecule has 0 heterocycles. The molecule has 8 atom stereocenters. The zero-order valence-electron chi connectivity index (χ0n) is 44.6. The minimum atomic E-state index is -10.3. The summed E-state index contributed by atoms with van der Waals surface area (Å²) in [5, 5.41) is 20.2. The molecule has 1 aromatic rings. The van der Waals surface area contributed by atoms with Crippen molar-refractivity contribution in [2.45, 2.75) is 164 Å². The zero-order valence-corrected chi connectivity index (χ0v) is 44.6. The Morgan fingerprint density at radius 1 is 0.314 bits per heavy atom. The lowest BCUT2D eigenvalue weighted by atomic mass is 9.74. The van der Waals surface area contributed by atoms with Crippen LogP contribution in [0, 0.1) is 0 Å². The smallest absolute Gasteiger partial charge is 0.423 e. The van der Waals surface area contributed by atoms with Crippen LogP contribution in [-0.2, 0) is 48.5 Å². The van der Waals surface area contributed by atoms with Gasteiger partial charge in [-0.1, -0.05) is 12.6 Å². The number of hydrogen-bond acceptors (Lipinski definition) is 11. The molecule has 0 aliphatic rings. The summed E-state index contributed by atoms with van der Waals surface area (Å²) < 4.78 is 755. The number of benzene rings is 1. The fourth-order valence-corrected chi connectivity index (χ4v) is 5.73. The second kappa shape index (κ2) is 26.1. The van der Waals surface area contributed by atoms with Crippen LogP contribution in [-0.4, -0.2) is 174 Å². The molecule has 0 spiro atoms. The van der Waals surface area contributed by atoms with Crippen molar-refractivity contribution in [1.29, 1.82) is 0 Å². The van der Waals surface area contributed by atoms with E-state index in [0.29, 0.717) is 28.4 Å². The first-order valence-corrected chi connectivity index (χ1v) is 22.1. The maximum absolute atomic E-state index is 15.8. The van der Waals surface area contributed by atoms with Crippen LogP contribution in [0.4, 0.5) is 238 Å². The molecule has 0 bridgehead atoms. The molecule has 0 aromatic heterocycles. The number of amides is 1. The van der Waals surface area contributed by atoms with Gasteiger partial charge in [-0.3, -0.25) is 42.7 Å². The van der Waals surface area contributed by atoms with Gasteiger partial charge in [0.2, 0.25) is 0 Å². The molecular weight excluding hydrogens is 1640 g/mol. The van der Waals surface area contributed by atoms with Crippen molar-refractivity contribution in [1.82, 2.24) is 0 Å². The van der Waals surface area contributed by atoms with Crippen molar-refractivity contribution in [2.75, 3.05) is 5.32 Å². The molecule has 1 rings (SSSR count). The monoisotopic (exact) mass is 1650 g/mol. The summed E-state index contributed by atoms with van der Waals surface area (Å²) in [6.45, 7) is 3.61. The van der Waals surface area contributed by atoms with Crippen LogP contribution in [0.5, 0.6) is 0 Å². The van der Waals surface area contributed by atoms with E-state index in [9.17, 15) is 204 Å². The lowest BCUT2D eigenvalue weighted by Gasteiger charge is -2.45. The Labute approximate surface area is 516 Å². The number of alkyl halides is 53. The van der Waals surface area contributed by atoms with Crippen molar-refractivity contribution >= 4 is 24.2 Å². The lowest BCUT2D eigenvalue weighted by Crippen LogP contribution is -2.74. The molecule has 0 fully saturated rings. The average Bonchev–Trinajstić information content (AvgIpc) is 0.712. The van der Waals surface area contributed by atoms with E-state index in [2.05, 4.69) is 6.58 Å². The van der Waals surface area contributed by atoms with Gasteiger partial charge in [0.15, 0.2) is 0 Å². The van der Waals surface area contributed by atoms with Crippen molar-refractivity contribution in [3.8, 4) is 0 Å². The zero-order chi connectivity index (χ0) is 82.9. The third kappa shape index (κ3) is 16.1. The molecule has 66 heteroatoms. The first-order valence-electron chi connectivity index (χ1n) is 22.1. The van der Waals surface area contributed by atoms with E-state index >= 15 is 43.9 Å². The summed E-state index contributed by atoms with van der Waals surface area (Å²) in [5.74, 6) is -88.1. The van der Waals surface area contributed by atoms with Crippen molar-refractivity contribution in [3.63, 3.8) is 0 Å². The van der Waals surface area contributed by atoms with Gasteiger partial charge < -0.3 is 15.4 Å². The van der Waals surface area contributed by atoms with Gasteiger partial charge in [-0.05, 0) is 24.5 Å². The number of nitrogens with one attached hydrogen (secondary N) is 1. The summed E-state index contributed by atoms with van der Waals surface area (Å²) in [4.78, 5) is 11.8. The highest BCUT2D eigenvalue weighted by molar-refractivity contribution is 6.59. The Morgan fingerprint density at radius 3 is 0.676 bits per heavy atom. The quantitative estimate of drug-likeness (QED) is 0.0419. The number of anilines is 1. The Hall–Kier alpha value is -5.62. The maximum atomic E-state index is 15.8. The number of ether oxygens (including phenoxy) is 8. The van der Waals surface area contributed by atoms with Crippen LogP contribution >= 0.6 is 0 Å². The summed E-state index contributed by atoms with van der Waals surface area (Å²) in [5.41, 5.74) is -8.06. The summed E-state index contributed by atoms with van der Waals surface area (Å²) in [6, 6.07) is -1.96. The fourth-order valence-electron chi connectivity index (χ4n) is 5.73. The van der Waals surface area contributed by atoms with E-state index in [4.69, 9.17) is 0 Å². The topological polar surface area (TPSA) is 143 Å². The number of carbonyl (C=O) groups is 1. The van der Waals surface area contributed by atoms with Gasteiger partial charge in [-0.25, -0.2) is 0 Å². The van der Waals surface area contributed by atoms with Gasteiger partial charge in [-0.2, -0.15) is 233 Å². The molecule has 8 unspecified atom stereocenters. The van der Waals surface area contributed by atoms with Gasteiger partial charge in [0.1, 0.15) is 0 Å². The fraction of sp³-hybridized carbons (Fsp3) is 0.750. The highest BCUT2D eigenvalue weighted by atomic mass is 19.5. The van der Waals surface area contributed by atoms with Gasteiger partial charge in [0, 0.05) is 16.8 Å². The number of halogens is 53. The van der Waals surface area contributed by atoms with Gasteiger partial charge in [0.25, 0.3) is 5.91 Å². The molecule has 0 aliphatic carbocycles. The lowest BCUT2D eigenvalue weighted by molar-refractivity contribution is -0.610. The summed E-state index contributed by atoms with van der Waals surface area (Å²) in [7, 11) is -4.05. The van der Waals surface area contributed by atoms with Crippen molar-refractivity contribution in [3.05, 3.63) is 35.9 Å². The molecule has 102 heavy (non-hydrogen) atoms. The predicted octanol–water partition coefficient (Wildman–Crippen LogP) is 16.2. The molecule has 1 aromatic carbocycles. The molecule has 3 N–H and O–H groups in total. The number of rotatable bonds is 28. The molecule has 1 amide bonds. The largest absolute Gasteiger partial charge is 0.489 e. The second-order valence-corrected chi connectivity index (χ2v) is 18.2. The van der Waals surface area contributed by atoms with Crippen LogP contribution < -0.4 is 10.8 Å². The minimum Gasteiger partial charge on any atom is -0.423 e. The molecule has 600 valence electrons. The van der Waals surface area contributed by atoms with E-state index in [1.807, 2.05) is 4.74 Å². The molecule has 0 aliphatic heterocycles. The molecule has 0 saturated carbocycles. The average molecular weight is 1650 g/mol. The highest BCUT2D eigenvalue weighted by Gasteiger charge is 2.94. The Morgan fingerprint density at radius 2 is 0.510 bits per heavy atom. The van der Waals surface area contributed by atoms with E-state index in [-0.39, 0.29) is 0 Å². The first kappa shape index (κ1) is 94.4. The molecule has 0 radical (unpaired) electrons. The van der Waals surface area contributed by atoms with Crippen LogP contribution in [0.3, 0.4) is 0 Å². The Kier molecular flexibility index (Phi) is 24.2. The molecule has 12 nitrogen and oxygen atoms in total. The summed E-state index contributed by atoms with van der Waals surface area (Å²) >= 11 is 0. The molecular formula is C36H11BF53NO11. The van der Waals surface area contributed by atoms with Gasteiger partial charge >= 0.3 is 164 Å². The van der Waals surface area contributed by atoms with E-state index in [1.54, 1.807) is 0 Å². The highest BCUT2D eigenvalue weighted by Crippen LogP contribution is 2.66. The number of hydrogen-bond donors (Lipinski definition) is 3. The SMILES string of the molecule is C=C(C)C(=O)Nc1ccc(C(F)(OC(F)(F)C(F)(OC(F)(F)C(F)(OC(F)(F)C(F)(OC(F)(F)C(F)(OC(F)(F)C(F)(OC(F)(F)C(F)(OC(F)(F)C(F)(OC(F)(F)C(F)(F)C(F)(F)F)C(F)(F)F)C(F)(F)F)C(F)(F)F)C(F)(F)F)C(F)(F)F)C(F)(F)F)C(F)(F)F)C(F)(F)F)c(B(O)O)c1. The summed E-state index contributed by atoms with van der Waals surface area (Å²) in [6.07, 6.45) is -162. The van der Waals surface area contributed by atoms with E-state index < -0.39 is 211 Å². The van der Waals surface area contributed by atoms with E-state index in [0.717, 1.165) is 11.7 Å². The second-order valence-electron chi connectivity index (χ2n) is 18.2. The minimum absolute atomic E-state index is 0.393. The van der Waals surface area contributed by atoms with Crippen LogP contribution in [0.15, 0.2) is 30.4 Å². The predicted molar refractivity (Wildman–Crippen MR) is 197 cm³/mol. The molecule has 0 saturated heterocycles. The van der Waals surface area contributed by atoms with Crippen molar-refractivity contribution in [2.24, 2.45) is 0 Å². The Bertz CT molecular complexity index is 3150.